The van der Waals surface area contributed by atoms with Crippen molar-refractivity contribution in [2.75, 3.05) is 13.7 Å². The molecule has 0 aliphatic rings. The van der Waals surface area contributed by atoms with E-state index in [-0.39, 0.29) is 23.7 Å². The van der Waals surface area contributed by atoms with Crippen LogP contribution in [0.5, 0.6) is 11.5 Å². The SMILES string of the molecule is CCOC(=O)Cc1ccc(OC)cc1OCc1coc2ccc(-c3ccnc(CN=CS(=O)C(C)(C)C)c3)cc12. The summed E-state index contributed by atoms with van der Waals surface area (Å²) in [6, 6.07) is 15.3. The fourth-order valence-electron chi connectivity index (χ4n) is 3.94. The number of hydrogen-bond acceptors (Lipinski definition) is 8. The molecule has 0 N–H and O–H groups in total. The summed E-state index contributed by atoms with van der Waals surface area (Å²) < 4.78 is 34.3. The van der Waals surface area contributed by atoms with Crippen LogP contribution in [0, 0.1) is 0 Å². The fraction of sp³-hybridized carbons (Fsp3) is 0.323. The predicted octanol–water partition coefficient (Wildman–Crippen LogP) is 6.26. The molecule has 2 aromatic carbocycles. The number of pyridine rings is 1. The van der Waals surface area contributed by atoms with Gasteiger partial charge in [-0.2, -0.15) is 0 Å². The van der Waals surface area contributed by atoms with Crippen LogP contribution in [-0.4, -0.2) is 39.2 Å². The van der Waals surface area contributed by atoms with Crippen molar-refractivity contribution in [1.82, 2.24) is 4.98 Å². The molecular formula is C31H34N2O6S. The number of methoxy groups -OCH3 is 1. The zero-order valence-corrected chi connectivity index (χ0v) is 24.2. The molecule has 0 radical (unpaired) electrons. The number of furan rings is 1. The number of rotatable bonds is 11. The van der Waals surface area contributed by atoms with Gasteiger partial charge >= 0.3 is 5.97 Å². The Morgan fingerprint density at radius 1 is 1.07 bits per heavy atom. The zero-order valence-electron chi connectivity index (χ0n) is 23.4. The number of esters is 1. The number of carbonyl (C=O) groups excluding carboxylic acids is 1. The van der Waals surface area contributed by atoms with Gasteiger partial charge < -0.3 is 18.6 Å². The van der Waals surface area contributed by atoms with Crippen LogP contribution in [0.2, 0.25) is 0 Å². The quantitative estimate of drug-likeness (QED) is 0.121. The van der Waals surface area contributed by atoms with E-state index in [1.807, 2.05) is 51.1 Å². The van der Waals surface area contributed by atoms with Crippen molar-refractivity contribution in [1.29, 1.82) is 0 Å². The smallest absolute Gasteiger partial charge is 0.310 e. The van der Waals surface area contributed by atoms with Crippen molar-refractivity contribution < 1.29 is 27.6 Å². The highest BCUT2D eigenvalue weighted by atomic mass is 32.2. The summed E-state index contributed by atoms with van der Waals surface area (Å²) in [5, 5.41) is 0.921. The molecule has 0 saturated heterocycles. The molecule has 0 aliphatic carbocycles. The summed E-state index contributed by atoms with van der Waals surface area (Å²) in [4.78, 5) is 20.9. The minimum Gasteiger partial charge on any atom is -0.497 e. The van der Waals surface area contributed by atoms with Gasteiger partial charge in [-0.15, -0.1) is 0 Å². The summed E-state index contributed by atoms with van der Waals surface area (Å²) in [5.41, 5.74) is 6.57. The Bertz CT molecular complexity index is 1540. The third kappa shape index (κ3) is 7.35. The topological polar surface area (TPSA) is 100 Å². The van der Waals surface area contributed by atoms with E-state index in [9.17, 15) is 9.00 Å². The minimum atomic E-state index is -1.16. The molecule has 0 saturated carbocycles. The molecule has 0 fully saturated rings. The summed E-state index contributed by atoms with van der Waals surface area (Å²) in [6.07, 6.45) is 3.53. The zero-order chi connectivity index (χ0) is 28.7. The molecule has 1 atom stereocenters. The average molecular weight is 563 g/mol. The third-order valence-electron chi connectivity index (χ3n) is 6.13. The van der Waals surface area contributed by atoms with E-state index >= 15 is 0 Å². The Labute approximate surface area is 236 Å². The molecule has 40 heavy (non-hydrogen) atoms. The molecule has 0 spiro atoms. The van der Waals surface area contributed by atoms with E-state index in [0.29, 0.717) is 30.2 Å². The first-order valence-electron chi connectivity index (χ1n) is 13.0. The number of carbonyl (C=O) groups is 1. The molecule has 2 aromatic heterocycles. The average Bonchev–Trinajstić information content (AvgIpc) is 3.34. The molecule has 0 amide bonds. The number of ether oxygens (including phenoxy) is 3. The van der Waals surface area contributed by atoms with Crippen LogP contribution >= 0.6 is 0 Å². The maximum atomic E-state index is 12.2. The van der Waals surface area contributed by atoms with Crippen LogP contribution in [0.3, 0.4) is 0 Å². The van der Waals surface area contributed by atoms with Crippen LogP contribution in [0.25, 0.3) is 22.1 Å². The molecule has 8 nitrogen and oxygen atoms in total. The van der Waals surface area contributed by atoms with Gasteiger partial charge in [0.05, 0.1) is 55.0 Å². The summed E-state index contributed by atoms with van der Waals surface area (Å²) in [7, 11) is 0.421. The molecular weight excluding hydrogens is 528 g/mol. The maximum absolute atomic E-state index is 12.2. The molecule has 4 rings (SSSR count). The Morgan fingerprint density at radius 2 is 1.88 bits per heavy atom. The van der Waals surface area contributed by atoms with E-state index in [1.165, 1.54) is 5.55 Å². The first-order valence-corrected chi connectivity index (χ1v) is 14.2. The van der Waals surface area contributed by atoms with Crippen LogP contribution < -0.4 is 9.47 Å². The Kier molecular flexibility index (Phi) is 9.37. The van der Waals surface area contributed by atoms with Gasteiger partial charge in [0.2, 0.25) is 0 Å². The first kappa shape index (κ1) is 29.0. The number of aromatic nitrogens is 1. The van der Waals surface area contributed by atoms with Crippen LogP contribution in [-0.2, 0) is 39.9 Å². The number of nitrogens with zero attached hydrogens (tertiary/aromatic N) is 2. The minimum absolute atomic E-state index is 0.101. The Balaban J connectivity index is 1.54. The van der Waals surface area contributed by atoms with Crippen molar-refractivity contribution >= 4 is 33.3 Å². The lowest BCUT2D eigenvalue weighted by atomic mass is 10.0. The largest absolute Gasteiger partial charge is 0.497 e. The lowest BCUT2D eigenvalue weighted by molar-refractivity contribution is -0.142. The van der Waals surface area contributed by atoms with Crippen molar-refractivity contribution in [3.8, 4) is 22.6 Å². The lowest BCUT2D eigenvalue weighted by Gasteiger charge is -2.13. The Hall–Kier alpha value is -3.98. The molecule has 210 valence electrons. The van der Waals surface area contributed by atoms with Gasteiger partial charge in [0.1, 0.15) is 23.7 Å². The van der Waals surface area contributed by atoms with Gasteiger partial charge in [-0.25, -0.2) is 0 Å². The first-order chi connectivity index (χ1) is 19.2. The summed E-state index contributed by atoms with van der Waals surface area (Å²) >= 11 is 0. The molecule has 4 aromatic rings. The normalized spacial score (nSPS) is 12.5. The molecule has 0 bridgehead atoms. The van der Waals surface area contributed by atoms with E-state index in [1.54, 1.807) is 38.6 Å². The number of fused-ring (bicyclic) bond motifs is 1. The van der Waals surface area contributed by atoms with Crippen molar-refractivity contribution in [3.05, 3.63) is 77.8 Å². The van der Waals surface area contributed by atoms with Gasteiger partial charge in [0, 0.05) is 33.5 Å². The van der Waals surface area contributed by atoms with Gasteiger partial charge in [0.15, 0.2) is 0 Å². The Morgan fingerprint density at radius 3 is 2.62 bits per heavy atom. The second-order valence-electron chi connectivity index (χ2n) is 10.1. The standard InChI is InChI=1S/C31H34N2O6S/c1-6-37-30(34)15-23-7-9-26(36-5)16-29(23)39-19-24-18-38-28-10-8-21(14-27(24)28)22-11-12-33-25(13-22)17-32-20-40(35)31(2,3)4/h7-14,16,18,20H,6,15,17,19H2,1-5H3. The summed E-state index contributed by atoms with van der Waals surface area (Å²) in [5.74, 6) is 0.856. The molecule has 9 heteroatoms. The van der Waals surface area contributed by atoms with E-state index in [0.717, 1.165) is 33.4 Å². The van der Waals surface area contributed by atoms with Gasteiger partial charge in [-0.05, 0) is 69.2 Å². The highest BCUT2D eigenvalue weighted by molar-refractivity contribution is 7.99. The van der Waals surface area contributed by atoms with Crippen LogP contribution in [0.4, 0.5) is 0 Å². The number of hydrogen-bond donors (Lipinski definition) is 0. The monoisotopic (exact) mass is 562 g/mol. The van der Waals surface area contributed by atoms with Crippen LogP contribution in [0.1, 0.15) is 44.5 Å². The molecule has 0 aliphatic heterocycles. The van der Waals surface area contributed by atoms with Gasteiger partial charge in [0.25, 0.3) is 0 Å². The summed E-state index contributed by atoms with van der Waals surface area (Å²) in [6.45, 7) is 8.42. The van der Waals surface area contributed by atoms with E-state index in [4.69, 9.17) is 18.6 Å². The van der Waals surface area contributed by atoms with Crippen molar-refractivity contribution in [2.45, 2.75) is 52.0 Å². The van der Waals surface area contributed by atoms with Crippen LogP contribution in [0.15, 0.2) is 70.4 Å². The number of aliphatic imine (C=N–C) groups is 1. The highest BCUT2D eigenvalue weighted by Gasteiger charge is 2.17. The highest BCUT2D eigenvalue weighted by Crippen LogP contribution is 2.31. The maximum Gasteiger partial charge on any atom is 0.310 e. The predicted molar refractivity (Wildman–Crippen MR) is 157 cm³/mol. The van der Waals surface area contributed by atoms with E-state index in [2.05, 4.69) is 16.0 Å². The van der Waals surface area contributed by atoms with Crippen molar-refractivity contribution in [2.24, 2.45) is 4.99 Å². The fourth-order valence-corrected chi connectivity index (χ4v) is 4.47. The second-order valence-corrected chi connectivity index (χ2v) is 12.1. The molecule has 1 unspecified atom stereocenters. The molecule has 2 heterocycles. The van der Waals surface area contributed by atoms with Crippen molar-refractivity contribution in [3.63, 3.8) is 0 Å². The lowest BCUT2D eigenvalue weighted by Crippen LogP contribution is -2.22. The van der Waals surface area contributed by atoms with Gasteiger partial charge in [-0.1, -0.05) is 12.1 Å². The second kappa shape index (κ2) is 12.9. The third-order valence-corrected chi connectivity index (χ3v) is 7.68. The number of benzene rings is 2. The van der Waals surface area contributed by atoms with E-state index < -0.39 is 10.8 Å². The van der Waals surface area contributed by atoms with Gasteiger partial charge in [-0.3, -0.25) is 19.0 Å².